The maximum atomic E-state index is 12.9. The molecule has 2 heterocycles. The maximum Gasteiger partial charge on any atom is 0.251 e. The van der Waals surface area contributed by atoms with Gasteiger partial charge in [-0.25, -0.2) is 0 Å². The summed E-state index contributed by atoms with van der Waals surface area (Å²) in [6.45, 7) is 5.86. The molecular weight excluding hydrogens is 526 g/mol. The lowest BCUT2D eigenvalue weighted by Crippen LogP contribution is -2.25. The molecule has 4 aromatic rings. The Bertz CT molecular complexity index is 1470. The predicted octanol–water partition coefficient (Wildman–Crippen LogP) is 3.72. The summed E-state index contributed by atoms with van der Waals surface area (Å²) < 4.78 is 12.7. The zero-order valence-corrected chi connectivity index (χ0v) is 23.2. The molecule has 13 heteroatoms. The smallest absolute Gasteiger partial charge is 0.251 e. The molecule has 0 spiro atoms. The molecule has 2 aromatic heterocycles. The summed E-state index contributed by atoms with van der Waals surface area (Å²) in [6.07, 6.45) is 0. The van der Waals surface area contributed by atoms with Gasteiger partial charge in [-0.15, -0.1) is 20.4 Å². The van der Waals surface area contributed by atoms with Crippen molar-refractivity contribution in [1.82, 2.24) is 30.3 Å². The fourth-order valence-electron chi connectivity index (χ4n) is 3.50. The number of anilines is 1. The molecule has 0 bridgehead atoms. The number of hydrogen-bond donors (Lipinski definition) is 2. The Morgan fingerprint density at radius 2 is 1.79 bits per heavy atom. The van der Waals surface area contributed by atoms with Gasteiger partial charge >= 0.3 is 0 Å². The molecule has 11 nitrogen and oxygen atoms in total. The van der Waals surface area contributed by atoms with Crippen molar-refractivity contribution < 1.29 is 19.1 Å². The van der Waals surface area contributed by atoms with Crippen molar-refractivity contribution in [3.8, 4) is 17.2 Å². The highest BCUT2D eigenvalue weighted by Crippen LogP contribution is 2.32. The lowest BCUT2D eigenvalue weighted by molar-refractivity contribution is -0.113. The van der Waals surface area contributed by atoms with Crippen molar-refractivity contribution >= 4 is 40.0 Å². The Hall–Kier alpha value is -3.97. The molecule has 0 radical (unpaired) electrons. The molecule has 0 saturated carbocycles. The molecular formula is C25H27N7O4S2. The number of nitrogens with zero attached hydrogens (tertiary/aromatic N) is 5. The van der Waals surface area contributed by atoms with E-state index in [1.165, 1.54) is 23.1 Å². The monoisotopic (exact) mass is 553 g/mol. The van der Waals surface area contributed by atoms with Crippen LogP contribution in [-0.4, -0.2) is 56.7 Å². The third-order valence-corrected chi connectivity index (χ3v) is 7.29. The number of carbonyl (C=O) groups excluding carboxylic acids is 2. The number of aromatic nitrogens is 5. The van der Waals surface area contributed by atoms with Crippen LogP contribution in [-0.2, 0) is 11.3 Å². The number of nitrogens with one attached hydrogen (secondary N) is 2. The van der Waals surface area contributed by atoms with E-state index in [0.29, 0.717) is 38.9 Å². The highest BCUT2D eigenvalue weighted by atomic mass is 32.2. The van der Waals surface area contributed by atoms with Gasteiger partial charge in [0.05, 0.1) is 32.2 Å². The Labute approximate surface area is 228 Å². The van der Waals surface area contributed by atoms with Gasteiger partial charge in [0.25, 0.3) is 5.91 Å². The Morgan fingerprint density at radius 3 is 2.47 bits per heavy atom. The van der Waals surface area contributed by atoms with Crippen LogP contribution in [0.25, 0.3) is 5.69 Å². The van der Waals surface area contributed by atoms with E-state index in [1.54, 1.807) is 43.1 Å². The molecule has 0 saturated heterocycles. The largest absolute Gasteiger partial charge is 0.497 e. The van der Waals surface area contributed by atoms with Gasteiger partial charge in [0.15, 0.2) is 11.0 Å². The van der Waals surface area contributed by atoms with Gasteiger partial charge in [0, 0.05) is 11.6 Å². The van der Waals surface area contributed by atoms with Gasteiger partial charge in [-0.2, -0.15) is 0 Å². The molecule has 198 valence electrons. The van der Waals surface area contributed by atoms with E-state index >= 15 is 0 Å². The average Bonchev–Trinajstić information content (AvgIpc) is 3.52. The molecule has 0 aliphatic carbocycles. The van der Waals surface area contributed by atoms with Crippen LogP contribution in [0.15, 0.2) is 41.6 Å². The summed E-state index contributed by atoms with van der Waals surface area (Å²) in [7, 11) is 3.12. The van der Waals surface area contributed by atoms with Crippen LogP contribution < -0.4 is 20.1 Å². The highest BCUT2D eigenvalue weighted by molar-refractivity contribution is 7.99. The first-order valence-corrected chi connectivity index (χ1v) is 13.3. The molecule has 0 atom stereocenters. The minimum absolute atomic E-state index is 0.0536. The Balaban J connectivity index is 1.60. The van der Waals surface area contributed by atoms with Gasteiger partial charge in [0.1, 0.15) is 16.5 Å². The molecule has 0 fully saturated rings. The van der Waals surface area contributed by atoms with E-state index < -0.39 is 0 Å². The first kappa shape index (κ1) is 27.1. The van der Waals surface area contributed by atoms with Gasteiger partial charge in [-0.3, -0.25) is 19.5 Å². The van der Waals surface area contributed by atoms with Crippen molar-refractivity contribution in [2.24, 2.45) is 0 Å². The van der Waals surface area contributed by atoms with Crippen molar-refractivity contribution in [3.63, 3.8) is 0 Å². The summed E-state index contributed by atoms with van der Waals surface area (Å²) in [5.74, 6) is 1.15. The lowest BCUT2D eigenvalue weighted by atomic mass is 10.1. The first-order valence-electron chi connectivity index (χ1n) is 11.5. The van der Waals surface area contributed by atoms with Crippen molar-refractivity contribution in [3.05, 3.63) is 63.9 Å². The molecule has 4 rings (SSSR count). The number of thioether (sulfide) groups is 1. The fourth-order valence-corrected chi connectivity index (χ4v) is 4.87. The van der Waals surface area contributed by atoms with Gasteiger partial charge in [-0.05, 0) is 56.2 Å². The number of amides is 2. The summed E-state index contributed by atoms with van der Waals surface area (Å²) >= 11 is 2.48. The summed E-state index contributed by atoms with van der Waals surface area (Å²) in [6, 6.07) is 10.9. The molecule has 0 unspecified atom stereocenters. The number of rotatable bonds is 10. The lowest BCUT2D eigenvalue weighted by Gasteiger charge is -2.15. The summed E-state index contributed by atoms with van der Waals surface area (Å²) in [5.41, 5.74) is 3.30. The average molecular weight is 554 g/mol. The number of carbonyl (C=O) groups is 2. The van der Waals surface area contributed by atoms with Crippen LogP contribution >= 0.6 is 23.1 Å². The predicted molar refractivity (Wildman–Crippen MR) is 146 cm³/mol. The van der Waals surface area contributed by atoms with Crippen LogP contribution in [0, 0.1) is 20.8 Å². The third kappa shape index (κ3) is 6.29. The van der Waals surface area contributed by atoms with Crippen LogP contribution in [0.2, 0.25) is 0 Å². The molecule has 2 aromatic carbocycles. The second kappa shape index (κ2) is 12.0. The quantitative estimate of drug-likeness (QED) is 0.282. The molecule has 2 N–H and O–H groups in total. The fraction of sp³-hybridized carbons (Fsp3) is 0.280. The van der Waals surface area contributed by atoms with E-state index in [4.69, 9.17) is 9.47 Å². The van der Waals surface area contributed by atoms with Gasteiger partial charge < -0.3 is 14.8 Å². The molecule has 0 aliphatic rings. The summed E-state index contributed by atoms with van der Waals surface area (Å²) in [4.78, 5) is 25.4. The Kier molecular flexibility index (Phi) is 8.59. The van der Waals surface area contributed by atoms with E-state index in [-0.39, 0.29) is 24.1 Å². The standard InChI is InChI=1S/C25H27N7O4S2/c1-14-6-7-17(10-15(14)2)23(34)26-12-21-29-31-25(37-13-22(33)27-24-30-28-16(3)38-24)32(21)19-11-18(35-4)8-9-20(19)36-5/h6-11H,12-13H2,1-5H3,(H,26,34)(H,27,30,33). The molecule has 38 heavy (non-hydrogen) atoms. The highest BCUT2D eigenvalue weighted by Gasteiger charge is 2.21. The number of hydrogen-bond acceptors (Lipinski definition) is 10. The topological polar surface area (TPSA) is 133 Å². The zero-order chi connectivity index (χ0) is 27.2. The third-order valence-electron chi connectivity index (χ3n) is 5.61. The van der Waals surface area contributed by atoms with Crippen molar-refractivity contribution in [2.45, 2.75) is 32.5 Å². The van der Waals surface area contributed by atoms with E-state index in [0.717, 1.165) is 16.1 Å². The zero-order valence-electron chi connectivity index (χ0n) is 21.6. The normalized spacial score (nSPS) is 10.8. The van der Waals surface area contributed by atoms with Crippen molar-refractivity contribution in [1.29, 1.82) is 0 Å². The van der Waals surface area contributed by atoms with E-state index in [9.17, 15) is 9.59 Å². The SMILES string of the molecule is COc1ccc(OC)c(-n2c(CNC(=O)c3ccc(C)c(C)c3)nnc2SCC(=O)Nc2nnc(C)s2)c1. The maximum absolute atomic E-state index is 12.9. The second-order valence-corrected chi connectivity index (χ2v) is 10.3. The van der Waals surface area contributed by atoms with Crippen LogP contribution in [0.3, 0.4) is 0 Å². The minimum atomic E-state index is -0.261. The van der Waals surface area contributed by atoms with Gasteiger partial charge in [-0.1, -0.05) is 29.2 Å². The van der Waals surface area contributed by atoms with Gasteiger partial charge in [0.2, 0.25) is 11.0 Å². The number of ether oxygens (including phenoxy) is 2. The molecule has 0 aliphatic heterocycles. The molecule has 2 amide bonds. The number of aryl methyl sites for hydroxylation is 3. The Morgan fingerprint density at radius 1 is 0.974 bits per heavy atom. The summed E-state index contributed by atoms with van der Waals surface area (Å²) in [5, 5.41) is 23.7. The van der Waals surface area contributed by atoms with Crippen LogP contribution in [0.1, 0.15) is 32.3 Å². The van der Waals surface area contributed by atoms with Crippen molar-refractivity contribution in [2.75, 3.05) is 25.3 Å². The second-order valence-electron chi connectivity index (χ2n) is 8.22. The van der Waals surface area contributed by atoms with E-state index in [2.05, 4.69) is 31.0 Å². The minimum Gasteiger partial charge on any atom is -0.497 e. The van der Waals surface area contributed by atoms with Crippen LogP contribution in [0.4, 0.5) is 5.13 Å². The van der Waals surface area contributed by atoms with Crippen LogP contribution in [0.5, 0.6) is 11.5 Å². The van der Waals surface area contributed by atoms with E-state index in [1.807, 2.05) is 32.9 Å². The number of benzene rings is 2. The first-order chi connectivity index (χ1) is 18.3. The number of methoxy groups -OCH3 is 2.